The van der Waals surface area contributed by atoms with Crippen molar-refractivity contribution in [2.24, 2.45) is 10.8 Å². The number of benzene rings is 2. The van der Waals surface area contributed by atoms with Gasteiger partial charge in [0.05, 0.1) is 31.3 Å². The summed E-state index contributed by atoms with van der Waals surface area (Å²) in [5, 5.41) is 14.4. The molecule has 4 heterocycles. The van der Waals surface area contributed by atoms with E-state index in [1.807, 2.05) is 75.4 Å². The minimum atomic E-state index is -1.07. The van der Waals surface area contributed by atoms with Gasteiger partial charge in [0, 0.05) is 22.8 Å². The number of ether oxygens (including phenoxy) is 4. The van der Waals surface area contributed by atoms with Crippen LogP contribution in [0.15, 0.2) is 54.6 Å². The molecule has 3 aromatic rings. The van der Waals surface area contributed by atoms with Gasteiger partial charge < -0.3 is 29.0 Å². The predicted octanol–water partition coefficient (Wildman–Crippen LogP) is 4.46. The van der Waals surface area contributed by atoms with Crippen molar-refractivity contribution >= 4 is 22.8 Å². The molecule has 0 spiro atoms. The van der Waals surface area contributed by atoms with Crippen LogP contribution in [-0.4, -0.2) is 77.3 Å². The Labute approximate surface area is 251 Å². The number of amides is 1. The van der Waals surface area contributed by atoms with Crippen molar-refractivity contribution < 1.29 is 33.6 Å². The van der Waals surface area contributed by atoms with Crippen LogP contribution in [0.2, 0.25) is 0 Å². The zero-order chi connectivity index (χ0) is 30.5. The molecule has 10 nitrogen and oxygen atoms in total. The number of para-hydroxylation sites is 1. The second-order valence-electron chi connectivity index (χ2n) is 13.5. The molecule has 0 radical (unpaired) electrons. The summed E-state index contributed by atoms with van der Waals surface area (Å²) in [7, 11) is 0. The van der Waals surface area contributed by atoms with Crippen LogP contribution in [0.1, 0.15) is 41.0 Å². The second-order valence-corrected chi connectivity index (χ2v) is 13.5. The van der Waals surface area contributed by atoms with Crippen LogP contribution in [0.5, 0.6) is 11.6 Å². The lowest BCUT2D eigenvalue weighted by molar-refractivity contribution is -0.150. The summed E-state index contributed by atoms with van der Waals surface area (Å²) < 4.78 is 24.5. The van der Waals surface area contributed by atoms with Gasteiger partial charge in [-0.1, -0.05) is 65.0 Å². The van der Waals surface area contributed by atoms with Crippen LogP contribution in [0.4, 0.5) is 0 Å². The summed E-state index contributed by atoms with van der Waals surface area (Å²) >= 11 is 0. The highest BCUT2D eigenvalue weighted by Crippen LogP contribution is 2.37. The Balaban J connectivity index is 1.41. The number of rotatable bonds is 1. The van der Waals surface area contributed by atoms with E-state index in [9.17, 15) is 14.7 Å². The van der Waals surface area contributed by atoms with Crippen LogP contribution in [-0.2, 0) is 19.1 Å². The Bertz CT molecular complexity index is 1530. The van der Waals surface area contributed by atoms with Crippen LogP contribution >= 0.6 is 0 Å². The molecule has 228 valence electrons. The normalized spacial score (nSPS) is 27.5. The SMILES string of the molecule is CC1(C)COc2cccc(c2)-c2cc3ccccc3nc2O[C@@H]2C[C@@H](C(=O)O)N(C2)C(=O)[C@H](C(C)(C)C)NC2OC2OC1. The van der Waals surface area contributed by atoms with Gasteiger partial charge in [0.2, 0.25) is 11.8 Å². The number of aromatic nitrogens is 1. The van der Waals surface area contributed by atoms with Crippen molar-refractivity contribution in [3.05, 3.63) is 54.6 Å². The molecule has 43 heavy (non-hydrogen) atoms. The summed E-state index contributed by atoms with van der Waals surface area (Å²) in [6.07, 6.45) is -1.43. The van der Waals surface area contributed by atoms with Crippen LogP contribution in [0.3, 0.4) is 0 Å². The molecule has 4 bridgehead atoms. The number of nitrogens with zero attached hydrogens (tertiary/aromatic N) is 2. The molecule has 2 aromatic carbocycles. The molecule has 1 aromatic heterocycles. The largest absolute Gasteiger partial charge is 0.493 e. The van der Waals surface area contributed by atoms with Crippen molar-refractivity contribution in [3.8, 4) is 22.8 Å². The fraction of sp³-hybridized carbons (Fsp3) is 0.485. The molecule has 10 heteroatoms. The average molecular weight is 590 g/mol. The number of fused-ring (bicyclic) bond motifs is 8. The molecule has 0 aliphatic carbocycles. The number of nitrogens with one attached hydrogen (secondary N) is 1. The first kappa shape index (κ1) is 29.3. The van der Waals surface area contributed by atoms with E-state index in [4.69, 9.17) is 23.9 Å². The Hall–Kier alpha value is -3.73. The lowest BCUT2D eigenvalue weighted by Gasteiger charge is -2.34. The number of carbonyl (C=O) groups excluding carboxylic acids is 1. The van der Waals surface area contributed by atoms with E-state index >= 15 is 0 Å². The third kappa shape index (κ3) is 6.32. The maximum absolute atomic E-state index is 14.0. The summed E-state index contributed by atoms with van der Waals surface area (Å²) in [6.45, 7) is 10.8. The van der Waals surface area contributed by atoms with E-state index in [2.05, 4.69) is 19.2 Å². The highest BCUT2D eigenvalue weighted by Gasteiger charge is 2.50. The van der Waals surface area contributed by atoms with E-state index in [1.54, 1.807) is 0 Å². The summed E-state index contributed by atoms with van der Waals surface area (Å²) in [4.78, 5) is 32.7. The fourth-order valence-electron chi connectivity index (χ4n) is 5.66. The van der Waals surface area contributed by atoms with E-state index < -0.39 is 42.1 Å². The third-order valence-corrected chi connectivity index (χ3v) is 8.11. The van der Waals surface area contributed by atoms with Gasteiger partial charge in [0.1, 0.15) is 17.9 Å². The summed E-state index contributed by atoms with van der Waals surface area (Å²) in [5.74, 6) is -0.310. The summed E-state index contributed by atoms with van der Waals surface area (Å²) in [6, 6.07) is 15.8. The molecular formula is C33H39N3O7. The number of epoxide rings is 1. The first-order valence-electron chi connectivity index (χ1n) is 14.7. The second kappa shape index (κ2) is 11.1. The lowest BCUT2D eigenvalue weighted by atomic mass is 9.85. The Kier molecular flexibility index (Phi) is 7.56. The number of hydrogen-bond acceptors (Lipinski definition) is 8. The predicted molar refractivity (Wildman–Crippen MR) is 160 cm³/mol. The van der Waals surface area contributed by atoms with E-state index in [0.717, 1.165) is 22.0 Å². The Morgan fingerprint density at radius 2 is 1.88 bits per heavy atom. The quantitative estimate of drug-likeness (QED) is 0.396. The minimum absolute atomic E-state index is 0.112. The van der Waals surface area contributed by atoms with Crippen LogP contribution < -0.4 is 14.8 Å². The van der Waals surface area contributed by atoms with Crippen molar-refractivity contribution in [1.29, 1.82) is 0 Å². The number of aliphatic carboxylic acids is 1. The number of carboxylic acid groups (broad SMARTS) is 1. The maximum Gasteiger partial charge on any atom is 0.326 e. The van der Waals surface area contributed by atoms with Gasteiger partial charge in [-0.15, -0.1) is 0 Å². The van der Waals surface area contributed by atoms with Gasteiger partial charge in [0.25, 0.3) is 0 Å². The molecule has 0 saturated carbocycles. The molecular weight excluding hydrogens is 550 g/mol. The average Bonchev–Trinajstić information content (AvgIpc) is 3.58. The van der Waals surface area contributed by atoms with E-state index in [1.165, 1.54) is 4.90 Å². The molecule has 2 N–H and O–H groups in total. The van der Waals surface area contributed by atoms with Crippen molar-refractivity contribution in [2.45, 2.75) is 71.7 Å². The standard InChI is InChI=1S/C33H39N3O7/c1-32(2,3)26-29(37)36-16-22(15-25(36)30(38)39)42-27-23(14-20-9-6-7-12-24(20)34-27)19-10-8-11-21(13-19)40-17-33(4,5)18-41-31-28(35-26)43-31/h6-14,22,25-26,28,31,35H,15-18H2,1-5H3,(H,38,39)/t22-,25+,26-,28?,31?/m1/s1. The number of carbonyl (C=O) groups is 2. The van der Waals surface area contributed by atoms with Gasteiger partial charge >= 0.3 is 5.97 Å². The molecule has 2 fully saturated rings. The fourth-order valence-corrected chi connectivity index (χ4v) is 5.66. The molecule has 2 saturated heterocycles. The van der Waals surface area contributed by atoms with Crippen LogP contribution in [0.25, 0.3) is 22.0 Å². The van der Waals surface area contributed by atoms with E-state index in [0.29, 0.717) is 24.8 Å². The van der Waals surface area contributed by atoms with Gasteiger partial charge in [-0.3, -0.25) is 10.1 Å². The summed E-state index contributed by atoms with van der Waals surface area (Å²) in [5.41, 5.74) is 1.51. The lowest BCUT2D eigenvalue weighted by Crippen LogP contribution is -2.56. The van der Waals surface area contributed by atoms with Gasteiger partial charge in [-0.2, -0.15) is 0 Å². The minimum Gasteiger partial charge on any atom is -0.493 e. The van der Waals surface area contributed by atoms with Crippen molar-refractivity contribution in [1.82, 2.24) is 15.2 Å². The number of hydrogen-bond donors (Lipinski definition) is 2. The van der Waals surface area contributed by atoms with Crippen molar-refractivity contribution in [3.63, 3.8) is 0 Å². The number of pyridine rings is 1. The highest BCUT2D eigenvalue weighted by molar-refractivity contribution is 5.89. The molecule has 1 amide bonds. The van der Waals surface area contributed by atoms with E-state index in [-0.39, 0.29) is 24.3 Å². The first-order valence-corrected chi connectivity index (χ1v) is 14.7. The first-order chi connectivity index (χ1) is 20.4. The molecule has 3 aliphatic rings. The van der Waals surface area contributed by atoms with Crippen molar-refractivity contribution in [2.75, 3.05) is 19.8 Å². The zero-order valence-corrected chi connectivity index (χ0v) is 25.2. The third-order valence-electron chi connectivity index (χ3n) is 8.11. The highest BCUT2D eigenvalue weighted by atomic mass is 16.8. The Morgan fingerprint density at radius 3 is 2.65 bits per heavy atom. The van der Waals surface area contributed by atoms with Gasteiger partial charge in [-0.25, -0.2) is 9.78 Å². The topological polar surface area (TPSA) is 123 Å². The zero-order valence-electron chi connectivity index (χ0n) is 25.2. The van der Waals surface area contributed by atoms with Gasteiger partial charge in [-0.05, 0) is 35.2 Å². The smallest absolute Gasteiger partial charge is 0.326 e. The maximum atomic E-state index is 14.0. The van der Waals surface area contributed by atoms with Gasteiger partial charge in [0.15, 0.2) is 12.5 Å². The Morgan fingerprint density at radius 1 is 1.09 bits per heavy atom. The molecule has 2 unspecified atom stereocenters. The molecule has 3 aliphatic heterocycles. The monoisotopic (exact) mass is 589 g/mol. The molecule has 5 atom stereocenters. The van der Waals surface area contributed by atoms with Crippen LogP contribution in [0, 0.1) is 10.8 Å². The molecule has 6 rings (SSSR count). The number of carboxylic acids is 1.